The van der Waals surface area contributed by atoms with Gasteiger partial charge in [-0.05, 0) is 58.8 Å². The van der Waals surface area contributed by atoms with Gasteiger partial charge in [0.25, 0.3) is 0 Å². The molecule has 3 aromatic rings. The van der Waals surface area contributed by atoms with Crippen LogP contribution in [-0.4, -0.2) is 19.4 Å². The van der Waals surface area contributed by atoms with Crippen molar-refractivity contribution in [2.45, 2.75) is 70.1 Å². The Labute approximate surface area is 215 Å². The first-order valence-electron chi connectivity index (χ1n) is 12.8. The Morgan fingerprint density at radius 1 is 0.889 bits per heavy atom. The number of ether oxygens (including phenoxy) is 1. The van der Waals surface area contributed by atoms with Crippen molar-refractivity contribution in [2.24, 2.45) is 5.41 Å². The molecule has 0 heterocycles. The van der Waals surface area contributed by atoms with Crippen LogP contribution in [0.25, 0.3) is 0 Å². The summed E-state index contributed by atoms with van der Waals surface area (Å²) in [7, 11) is -2.30. The molecular weight excluding hydrogens is 464 g/mol. The van der Waals surface area contributed by atoms with Gasteiger partial charge < -0.3 is 14.3 Å². The highest BCUT2D eigenvalue weighted by molar-refractivity contribution is 6.74. The van der Waals surface area contributed by atoms with Gasteiger partial charge in [-0.1, -0.05) is 99.6 Å². The molecule has 2 aliphatic rings. The van der Waals surface area contributed by atoms with Crippen molar-refractivity contribution in [3.63, 3.8) is 0 Å². The van der Waals surface area contributed by atoms with Crippen molar-refractivity contribution < 1.29 is 19.1 Å². The number of hydrogen-bond acceptors (Lipinski definition) is 4. The third kappa shape index (κ3) is 4.13. The fourth-order valence-electron chi connectivity index (χ4n) is 5.54. The monoisotopic (exact) mass is 500 g/mol. The number of esters is 1. The van der Waals surface area contributed by atoms with E-state index in [4.69, 9.17) is 9.16 Å². The first-order chi connectivity index (χ1) is 17.0. The third-order valence-corrected chi connectivity index (χ3v) is 13.0. The van der Waals surface area contributed by atoms with E-state index in [-0.39, 0.29) is 5.04 Å². The topological polar surface area (TPSA) is 55.8 Å². The van der Waals surface area contributed by atoms with Crippen LogP contribution in [0.4, 0.5) is 0 Å². The average molecular weight is 501 g/mol. The Kier molecular flexibility index (Phi) is 6.22. The summed E-state index contributed by atoms with van der Waals surface area (Å²) in [6, 6.07) is 25.8. The second kappa shape index (κ2) is 8.98. The van der Waals surface area contributed by atoms with Gasteiger partial charge in [0.1, 0.15) is 6.10 Å². The van der Waals surface area contributed by atoms with E-state index in [2.05, 4.69) is 46.0 Å². The first-order valence-corrected chi connectivity index (χ1v) is 15.7. The molecule has 0 aromatic heterocycles. The molecular formula is C31H36O4Si. The minimum absolute atomic E-state index is 0.0647. The Hall–Kier alpha value is -2.73. The van der Waals surface area contributed by atoms with Crippen LogP contribution in [0.15, 0.2) is 78.9 Å². The molecule has 1 spiro atoms. The predicted octanol–water partition coefficient (Wildman–Crippen LogP) is 6.87. The first kappa shape index (κ1) is 24.9. The minimum Gasteiger partial charge on any atom is -0.455 e. The zero-order chi connectivity index (χ0) is 25.7. The van der Waals surface area contributed by atoms with Crippen LogP contribution in [0.5, 0.6) is 0 Å². The second-order valence-electron chi connectivity index (χ2n) is 11.9. The van der Waals surface area contributed by atoms with Crippen LogP contribution >= 0.6 is 0 Å². The van der Waals surface area contributed by atoms with E-state index in [0.29, 0.717) is 12.8 Å². The molecule has 2 aliphatic carbocycles. The van der Waals surface area contributed by atoms with Crippen molar-refractivity contribution in [3.8, 4) is 0 Å². The van der Waals surface area contributed by atoms with E-state index < -0.39 is 38.0 Å². The zero-order valence-corrected chi connectivity index (χ0v) is 22.8. The summed E-state index contributed by atoms with van der Waals surface area (Å²) in [5.41, 5.74) is 4.34. The SMILES string of the molecule is CC(C)(C)[Si](C)(C)O[C@H](C(=O)O[C@H]1c2ccccc2C[C@]12Cc1ccccc1[C@@H]2O)c1ccccc1. The number of aliphatic hydroxyl groups is 1. The standard InChI is InChI=1S/C31H36O4Si/c1-30(2,3)36(4,5)35-26(21-13-7-6-8-14-21)29(33)34-28-25-18-12-10-16-23(25)20-31(28)19-22-15-9-11-17-24(22)27(31)32/h6-18,26-28,32H,19-20H2,1-5H3/t26-,27-,28-,31-/m0/s1. The molecule has 5 rings (SSSR count). The molecule has 0 amide bonds. The molecule has 0 bridgehead atoms. The Bertz CT molecular complexity index is 1260. The molecule has 5 heteroatoms. The zero-order valence-electron chi connectivity index (χ0n) is 21.8. The van der Waals surface area contributed by atoms with Crippen molar-refractivity contribution in [1.82, 2.24) is 0 Å². The maximum atomic E-state index is 14.0. The number of benzene rings is 3. The molecule has 0 unspecified atom stereocenters. The summed E-state index contributed by atoms with van der Waals surface area (Å²) in [6.07, 6.45) is -0.766. The quantitative estimate of drug-likeness (QED) is 0.307. The van der Waals surface area contributed by atoms with Gasteiger partial charge in [-0.15, -0.1) is 0 Å². The van der Waals surface area contributed by atoms with Crippen molar-refractivity contribution >= 4 is 14.3 Å². The largest absolute Gasteiger partial charge is 0.455 e. The number of carbonyl (C=O) groups is 1. The van der Waals surface area contributed by atoms with E-state index in [9.17, 15) is 9.90 Å². The van der Waals surface area contributed by atoms with Gasteiger partial charge in [0, 0.05) is 5.41 Å². The third-order valence-electron chi connectivity index (χ3n) is 8.56. The highest BCUT2D eigenvalue weighted by Gasteiger charge is 2.57. The van der Waals surface area contributed by atoms with Crippen molar-refractivity contribution in [1.29, 1.82) is 0 Å². The van der Waals surface area contributed by atoms with Gasteiger partial charge in [-0.2, -0.15) is 0 Å². The molecule has 3 aromatic carbocycles. The molecule has 0 fully saturated rings. The minimum atomic E-state index is -2.30. The highest BCUT2D eigenvalue weighted by atomic mass is 28.4. The van der Waals surface area contributed by atoms with Crippen molar-refractivity contribution in [2.75, 3.05) is 0 Å². The number of rotatable bonds is 5. The maximum absolute atomic E-state index is 14.0. The summed E-state index contributed by atoms with van der Waals surface area (Å²) in [5.74, 6) is -0.393. The summed E-state index contributed by atoms with van der Waals surface area (Å²) in [4.78, 5) is 14.0. The van der Waals surface area contributed by atoms with Crippen LogP contribution < -0.4 is 0 Å². The number of fused-ring (bicyclic) bond motifs is 2. The molecule has 188 valence electrons. The number of aliphatic hydroxyl groups excluding tert-OH is 1. The van der Waals surface area contributed by atoms with Crippen molar-refractivity contribution in [3.05, 3.63) is 107 Å². The van der Waals surface area contributed by atoms with Gasteiger partial charge in [0.05, 0.1) is 6.10 Å². The Balaban J connectivity index is 1.53. The van der Waals surface area contributed by atoms with Gasteiger partial charge in [-0.25, -0.2) is 4.79 Å². The Morgan fingerprint density at radius 2 is 1.42 bits per heavy atom. The van der Waals surface area contributed by atoms with Gasteiger partial charge in [0.15, 0.2) is 14.4 Å². The lowest BCUT2D eigenvalue weighted by Crippen LogP contribution is -2.44. The Morgan fingerprint density at radius 3 is 2.00 bits per heavy atom. The molecule has 0 saturated heterocycles. The van der Waals surface area contributed by atoms with Crippen LogP contribution in [0, 0.1) is 5.41 Å². The smallest absolute Gasteiger partial charge is 0.339 e. The van der Waals surface area contributed by atoms with Gasteiger partial charge >= 0.3 is 5.97 Å². The van der Waals surface area contributed by atoms with E-state index in [1.807, 2.05) is 66.7 Å². The molecule has 36 heavy (non-hydrogen) atoms. The van der Waals surface area contributed by atoms with Crippen LogP contribution in [0.1, 0.15) is 66.9 Å². The van der Waals surface area contributed by atoms with Crippen LogP contribution in [0.3, 0.4) is 0 Å². The maximum Gasteiger partial charge on any atom is 0.339 e. The molecule has 0 radical (unpaired) electrons. The lowest BCUT2D eigenvalue weighted by Gasteiger charge is -2.40. The van der Waals surface area contributed by atoms with E-state index in [1.165, 1.54) is 0 Å². The molecule has 4 atom stereocenters. The second-order valence-corrected chi connectivity index (χ2v) is 16.6. The summed E-state index contributed by atoms with van der Waals surface area (Å²) < 4.78 is 13.1. The summed E-state index contributed by atoms with van der Waals surface area (Å²) in [6.45, 7) is 10.8. The number of carbonyl (C=O) groups excluding carboxylic acids is 1. The van der Waals surface area contributed by atoms with E-state index >= 15 is 0 Å². The molecule has 0 saturated carbocycles. The summed E-state index contributed by atoms with van der Waals surface area (Å²) in [5, 5.41) is 11.6. The van der Waals surface area contributed by atoms with E-state index in [1.54, 1.807) is 0 Å². The van der Waals surface area contributed by atoms with E-state index in [0.717, 1.165) is 27.8 Å². The highest BCUT2D eigenvalue weighted by Crippen LogP contribution is 2.60. The van der Waals surface area contributed by atoms with Gasteiger partial charge in [0.2, 0.25) is 0 Å². The fourth-order valence-corrected chi connectivity index (χ4v) is 6.71. The lowest BCUT2D eigenvalue weighted by molar-refractivity contribution is -0.171. The molecule has 0 aliphatic heterocycles. The normalized spacial score (nSPS) is 23.8. The van der Waals surface area contributed by atoms with Gasteiger partial charge in [-0.3, -0.25) is 0 Å². The predicted molar refractivity (Wildman–Crippen MR) is 144 cm³/mol. The molecule has 4 nitrogen and oxygen atoms in total. The molecule has 1 N–H and O–H groups in total. The summed E-state index contributed by atoms with van der Waals surface area (Å²) >= 11 is 0. The average Bonchev–Trinajstić information content (AvgIpc) is 3.31. The van der Waals surface area contributed by atoms with Crippen LogP contribution in [0.2, 0.25) is 18.1 Å². The fraction of sp³-hybridized carbons (Fsp3) is 0.387. The number of hydrogen-bond donors (Lipinski definition) is 1. The lowest BCUT2D eigenvalue weighted by atomic mass is 9.77. The van der Waals surface area contributed by atoms with Crippen LogP contribution in [-0.2, 0) is 26.8 Å².